The Hall–Kier alpha value is -0.0800. The van der Waals surface area contributed by atoms with E-state index in [1.165, 1.54) is 84.0 Å². The summed E-state index contributed by atoms with van der Waals surface area (Å²) >= 11 is 0. The molecule has 2 saturated carbocycles. The van der Waals surface area contributed by atoms with Gasteiger partial charge in [-0.1, -0.05) is 52.4 Å². The van der Waals surface area contributed by atoms with E-state index in [0.717, 1.165) is 12.1 Å². The highest BCUT2D eigenvalue weighted by atomic mass is 15.3. The zero-order chi connectivity index (χ0) is 13.5. The van der Waals surface area contributed by atoms with Crippen LogP contribution in [-0.4, -0.2) is 41.6 Å². The fraction of sp³-hybridized carbons (Fsp3) is 1.00. The highest BCUT2D eigenvalue weighted by Gasteiger charge is 2.25. The summed E-state index contributed by atoms with van der Waals surface area (Å²) < 4.78 is 0. The average molecular weight is 266 g/mol. The average Bonchev–Trinajstić information content (AvgIpc) is 2.50. The summed E-state index contributed by atoms with van der Waals surface area (Å²) in [4.78, 5) is 5.52. The summed E-state index contributed by atoms with van der Waals surface area (Å²) in [5, 5.41) is 0. The summed E-state index contributed by atoms with van der Waals surface area (Å²) in [6.07, 6.45) is 14.5. The Morgan fingerprint density at radius 1 is 0.632 bits per heavy atom. The Balaban J connectivity index is 1.86. The van der Waals surface area contributed by atoms with E-state index in [1.807, 2.05) is 0 Å². The molecule has 2 aliphatic carbocycles. The van der Waals surface area contributed by atoms with Crippen LogP contribution in [0.15, 0.2) is 0 Å². The molecule has 112 valence electrons. The zero-order valence-corrected chi connectivity index (χ0v) is 13.2. The first-order chi connectivity index (χ1) is 9.35. The molecule has 19 heavy (non-hydrogen) atoms. The van der Waals surface area contributed by atoms with Gasteiger partial charge in [-0.2, -0.15) is 0 Å². The van der Waals surface area contributed by atoms with Gasteiger partial charge >= 0.3 is 0 Å². The van der Waals surface area contributed by atoms with E-state index in [4.69, 9.17) is 0 Å². The van der Waals surface area contributed by atoms with Crippen molar-refractivity contribution in [3.8, 4) is 0 Å². The predicted molar refractivity (Wildman–Crippen MR) is 83.4 cm³/mol. The van der Waals surface area contributed by atoms with Gasteiger partial charge < -0.3 is 0 Å². The Morgan fingerprint density at radius 2 is 1.00 bits per heavy atom. The van der Waals surface area contributed by atoms with Crippen LogP contribution in [0.4, 0.5) is 0 Å². The molecule has 0 radical (unpaired) electrons. The van der Waals surface area contributed by atoms with E-state index in [1.54, 1.807) is 0 Å². The number of nitrogens with zero attached hydrogens (tertiary/aromatic N) is 2. The maximum Gasteiger partial charge on any atom is 0.0511 e. The summed E-state index contributed by atoms with van der Waals surface area (Å²) in [5.41, 5.74) is 0. The van der Waals surface area contributed by atoms with Crippen LogP contribution in [-0.2, 0) is 0 Å². The van der Waals surface area contributed by atoms with Crippen LogP contribution in [0, 0.1) is 0 Å². The third kappa shape index (κ3) is 4.46. The molecule has 0 atom stereocenters. The molecule has 0 saturated heterocycles. The van der Waals surface area contributed by atoms with Crippen molar-refractivity contribution >= 4 is 0 Å². The fourth-order valence-electron chi connectivity index (χ4n) is 4.07. The SMILES string of the molecule is CCN(CN(CC)C1CCCCC1)C1CCCCC1. The van der Waals surface area contributed by atoms with Crippen molar-refractivity contribution < 1.29 is 0 Å². The van der Waals surface area contributed by atoms with E-state index in [0.29, 0.717) is 0 Å². The number of hydrogen-bond donors (Lipinski definition) is 0. The maximum atomic E-state index is 2.76. The molecule has 0 aromatic heterocycles. The molecule has 2 fully saturated rings. The van der Waals surface area contributed by atoms with Gasteiger partial charge in [0.05, 0.1) is 6.67 Å². The van der Waals surface area contributed by atoms with Gasteiger partial charge in [-0.15, -0.1) is 0 Å². The van der Waals surface area contributed by atoms with Crippen LogP contribution < -0.4 is 0 Å². The lowest BCUT2D eigenvalue weighted by molar-refractivity contribution is 0.0453. The normalized spacial score (nSPS) is 23.4. The van der Waals surface area contributed by atoms with Crippen molar-refractivity contribution in [3.05, 3.63) is 0 Å². The molecule has 0 aliphatic heterocycles. The van der Waals surface area contributed by atoms with Crippen LogP contribution >= 0.6 is 0 Å². The molecule has 2 heteroatoms. The van der Waals surface area contributed by atoms with Crippen LogP contribution in [0.5, 0.6) is 0 Å². The molecule has 2 nitrogen and oxygen atoms in total. The van der Waals surface area contributed by atoms with Gasteiger partial charge in [-0.25, -0.2) is 0 Å². The van der Waals surface area contributed by atoms with Crippen LogP contribution in [0.1, 0.15) is 78.1 Å². The first kappa shape index (κ1) is 15.3. The Labute approximate surface area is 120 Å². The second kappa shape index (κ2) is 8.26. The molecule has 0 aromatic rings. The fourth-order valence-corrected chi connectivity index (χ4v) is 4.07. The third-order valence-corrected chi connectivity index (χ3v) is 5.36. The second-order valence-corrected chi connectivity index (χ2v) is 6.54. The minimum atomic E-state index is 0.872. The van der Waals surface area contributed by atoms with Crippen molar-refractivity contribution in [1.82, 2.24) is 9.80 Å². The van der Waals surface area contributed by atoms with Crippen molar-refractivity contribution in [3.63, 3.8) is 0 Å². The van der Waals surface area contributed by atoms with Crippen molar-refractivity contribution in [2.24, 2.45) is 0 Å². The molecular weight excluding hydrogens is 232 g/mol. The molecule has 0 amide bonds. The molecule has 0 unspecified atom stereocenters. The lowest BCUT2D eigenvalue weighted by Gasteiger charge is -2.41. The third-order valence-electron chi connectivity index (χ3n) is 5.36. The van der Waals surface area contributed by atoms with Gasteiger partial charge in [-0.3, -0.25) is 9.80 Å². The smallest absolute Gasteiger partial charge is 0.0511 e. The number of hydrogen-bond acceptors (Lipinski definition) is 2. The zero-order valence-electron chi connectivity index (χ0n) is 13.2. The molecule has 0 heterocycles. The Kier molecular flexibility index (Phi) is 6.66. The van der Waals surface area contributed by atoms with Gasteiger partial charge in [-0.05, 0) is 38.8 Å². The first-order valence-electron chi connectivity index (χ1n) is 8.83. The van der Waals surface area contributed by atoms with Crippen molar-refractivity contribution in [2.75, 3.05) is 19.8 Å². The molecule has 0 N–H and O–H groups in total. The summed E-state index contributed by atoms with van der Waals surface area (Å²) in [5.74, 6) is 0. The Bertz CT molecular complexity index is 205. The van der Waals surface area contributed by atoms with E-state index >= 15 is 0 Å². The van der Waals surface area contributed by atoms with Gasteiger partial charge in [0.2, 0.25) is 0 Å². The number of rotatable bonds is 6. The van der Waals surface area contributed by atoms with E-state index in [9.17, 15) is 0 Å². The van der Waals surface area contributed by atoms with Crippen molar-refractivity contribution in [2.45, 2.75) is 90.1 Å². The lowest BCUT2D eigenvalue weighted by Crippen LogP contribution is -2.48. The van der Waals surface area contributed by atoms with Crippen LogP contribution in [0.2, 0.25) is 0 Å². The molecule has 0 aromatic carbocycles. The topological polar surface area (TPSA) is 6.48 Å². The summed E-state index contributed by atoms with van der Waals surface area (Å²) in [6.45, 7) is 8.39. The summed E-state index contributed by atoms with van der Waals surface area (Å²) in [6, 6.07) is 1.74. The highest BCUT2D eigenvalue weighted by Crippen LogP contribution is 2.26. The van der Waals surface area contributed by atoms with E-state index in [2.05, 4.69) is 23.6 Å². The monoisotopic (exact) mass is 266 g/mol. The molecule has 2 rings (SSSR count). The standard InChI is InChI=1S/C17H34N2/c1-3-18(16-11-7-5-8-12-16)15-19(4-2)17-13-9-6-10-14-17/h16-17H,3-15H2,1-2H3. The molecule has 0 bridgehead atoms. The lowest BCUT2D eigenvalue weighted by atomic mass is 9.93. The quantitative estimate of drug-likeness (QED) is 0.663. The predicted octanol–water partition coefficient (Wildman–Crippen LogP) is 4.25. The highest BCUT2D eigenvalue weighted by molar-refractivity contribution is 4.79. The van der Waals surface area contributed by atoms with Crippen LogP contribution in [0.25, 0.3) is 0 Å². The van der Waals surface area contributed by atoms with E-state index < -0.39 is 0 Å². The van der Waals surface area contributed by atoms with E-state index in [-0.39, 0.29) is 0 Å². The second-order valence-electron chi connectivity index (χ2n) is 6.54. The summed E-state index contributed by atoms with van der Waals surface area (Å²) in [7, 11) is 0. The van der Waals surface area contributed by atoms with Crippen LogP contribution in [0.3, 0.4) is 0 Å². The molecule has 2 aliphatic rings. The Morgan fingerprint density at radius 3 is 1.32 bits per heavy atom. The molecular formula is C17H34N2. The van der Waals surface area contributed by atoms with Crippen molar-refractivity contribution in [1.29, 1.82) is 0 Å². The van der Waals surface area contributed by atoms with Gasteiger partial charge in [0.15, 0.2) is 0 Å². The molecule has 0 spiro atoms. The van der Waals surface area contributed by atoms with Gasteiger partial charge in [0.1, 0.15) is 0 Å². The minimum absolute atomic E-state index is 0.872. The van der Waals surface area contributed by atoms with Gasteiger partial charge in [0.25, 0.3) is 0 Å². The van der Waals surface area contributed by atoms with Gasteiger partial charge in [0, 0.05) is 12.1 Å². The minimum Gasteiger partial charge on any atom is -0.288 e. The largest absolute Gasteiger partial charge is 0.288 e. The maximum absolute atomic E-state index is 2.76. The first-order valence-corrected chi connectivity index (χ1v) is 8.83.